The van der Waals surface area contributed by atoms with Crippen LogP contribution in [0.3, 0.4) is 0 Å². The van der Waals surface area contributed by atoms with E-state index < -0.39 is 0 Å². The van der Waals surface area contributed by atoms with Gasteiger partial charge in [-0.15, -0.1) is 0 Å². The van der Waals surface area contributed by atoms with E-state index in [1.807, 2.05) is 41.4 Å². The van der Waals surface area contributed by atoms with Crippen LogP contribution in [0.5, 0.6) is 0 Å². The molecule has 0 unspecified atom stereocenters. The van der Waals surface area contributed by atoms with Crippen molar-refractivity contribution >= 4 is 40.8 Å². The van der Waals surface area contributed by atoms with Crippen molar-refractivity contribution in [3.8, 4) is 11.3 Å². The predicted octanol–water partition coefficient (Wildman–Crippen LogP) is 4.95. The molecule has 8 heteroatoms. The van der Waals surface area contributed by atoms with Gasteiger partial charge in [0.05, 0.1) is 10.9 Å². The minimum atomic E-state index is -0.327. The summed E-state index contributed by atoms with van der Waals surface area (Å²) in [4.78, 5) is 41.0. The van der Waals surface area contributed by atoms with E-state index in [1.54, 1.807) is 6.92 Å². The number of hydrogen-bond acceptors (Lipinski definition) is 5. The molecule has 2 amide bonds. The molecule has 0 spiro atoms. The Morgan fingerprint density at radius 2 is 1.86 bits per heavy atom. The van der Waals surface area contributed by atoms with Gasteiger partial charge in [-0.2, -0.15) is 0 Å². The molecule has 0 aliphatic carbocycles. The number of carbonyl (C=O) groups excluding carboxylic acids is 3. The van der Waals surface area contributed by atoms with Crippen LogP contribution < -0.4 is 10.6 Å². The monoisotopic (exact) mass is 518 g/mol. The van der Waals surface area contributed by atoms with E-state index in [-0.39, 0.29) is 17.7 Å². The fourth-order valence-corrected chi connectivity index (χ4v) is 5.65. The van der Waals surface area contributed by atoms with Crippen LogP contribution in [-0.2, 0) is 20.8 Å². The number of nitrogens with one attached hydrogen (secondary N) is 3. The minimum absolute atomic E-state index is 0.0168. The SMILES string of the molecule is CC(=O)CCCCC[C@@H](C(=O)NCCc1c(-c2ccccc2)[nH]c2ccccc12)N1C=C(NC=O)SC1. The summed E-state index contributed by atoms with van der Waals surface area (Å²) in [5.41, 5.74) is 4.48. The highest BCUT2D eigenvalue weighted by Gasteiger charge is 2.27. The number of rotatable bonds is 14. The van der Waals surface area contributed by atoms with Gasteiger partial charge in [-0.1, -0.05) is 73.1 Å². The summed E-state index contributed by atoms with van der Waals surface area (Å²) in [5, 5.41) is 7.77. The smallest absolute Gasteiger partial charge is 0.242 e. The zero-order valence-electron chi connectivity index (χ0n) is 21.2. The molecule has 4 rings (SSSR count). The number of hydrogen-bond donors (Lipinski definition) is 3. The Hall–Kier alpha value is -3.52. The number of H-pyrrole nitrogens is 1. The Kier molecular flexibility index (Phi) is 9.43. The van der Waals surface area contributed by atoms with Gasteiger partial charge in [0.1, 0.15) is 11.8 Å². The van der Waals surface area contributed by atoms with Gasteiger partial charge in [0.25, 0.3) is 0 Å². The van der Waals surface area contributed by atoms with Crippen LogP contribution in [-0.4, -0.2) is 46.4 Å². The van der Waals surface area contributed by atoms with Crippen LogP contribution in [0.15, 0.2) is 65.8 Å². The molecule has 0 radical (unpaired) electrons. The van der Waals surface area contributed by atoms with Crippen LogP contribution in [0.2, 0.25) is 0 Å². The fourth-order valence-electron chi connectivity index (χ4n) is 4.76. The first-order valence-corrected chi connectivity index (χ1v) is 13.8. The lowest BCUT2D eigenvalue weighted by atomic mass is 10.0. The molecule has 0 bridgehead atoms. The molecule has 1 aliphatic rings. The average Bonchev–Trinajstić information content (AvgIpc) is 3.51. The summed E-state index contributed by atoms with van der Waals surface area (Å²) in [6.45, 7) is 2.13. The third-order valence-corrected chi connectivity index (χ3v) is 7.57. The molecule has 3 N–H and O–H groups in total. The molecule has 0 saturated heterocycles. The molecule has 37 heavy (non-hydrogen) atoms. The van der Waals surface area contributed by atoms with Gasteiger partial charge in [0.2, 0.25) is 12.3 Å². The first kappa shape index (κ1) is 26.5. The minimum Gasteiger partial charge on any atom is -0.354 e. The first-order chi connectivity index (χ1) is 18.1. The van der Waals surface area contributed by atoms with Gasteiger partial charge in [-0.05, 0) is 43.4 Å². The lowest BCUT2D eigenvalue weighted by Crippen LogP contribution is -2.44. The maximum absolute atomic E-state index is 13.4. The van der Waals surface area contributed by atoms with Crippen LogP contribution >= 0.6 is 11.8 Å². The third kappa shape index (κ3) is 7.04. The second-order valence-corrected chi connectivity index (χ2v) is 10.3. The van der Waals surface area contributed by atoms with E-state index in [1.165, 1.54) is 22.7 Å². The van der Waals surface area contributed by atoms with E-state index in [0.717, 1.165) is 41.1 Å². The predicted molar refractivity (Wildman–Crippen MR) is 150 cm³/mol. The number of ketones is 1. The van der Waals surface area contributed by atoms with Crippen molar-refractivity contribution in [1.82, 2.24) is 20.5 Å². The van der Waals surface area contributed by atoms with Crippen molar-refractivity contribution in [2.45, 2.75) is 51.5 Å². The van der Waals surface area contributed by atoms with Crippen LogP contribution in [0.25, 0.3) is 22.2 Å². The highest BCUT2D eigenvalue weighted by molar-refractivity contribution is 8.03. The van der Waals surface area contributed by atoms with E-state index in [2.05, 4.69) is 39.9 Å². The van der Waals surface area contributed by atoms with E-state index in [9.17, 15) is 14.4 Å². The number of thioether (sulfide) groups is 1. The molecular weight excluding hydrogens is 484 g/mol. The van der Waals surface area contributed by atoms with Gasteiger partial charge in [0, 0.05) is 35.8 Å². The standard InChI is InChI=1S/C29H34N4O3S/c1-21(35)10-4-2-7-15-26(33-18-27(31-19-34)37-20-33)29(36)30-17-16-24-23-13-8-9-14-25(23)32-28(24)22-11-5-3-6-12-22/h3,5-6,8-9,11-14,18-19,26,32H,2,4,7,10,15-17,20H2,1H3,(H,30,36)(H,31,34)/t26-/m0/s1. The number of Topliss-reactive ketones (excluding diaryl/α,β-unsaturated/α-hetero) is 1. The van der Waals surface area contributed by atoms with Gasteiger partial charge in [-0.25, -0.2) is 0 Å². The third-order valence-electron chi connectivity index (χ3n) is 6.61. The van der Waals surface area contributed by atoms with Crippen molar-refractivity contribution in [2.75, 3.05) is 12.4 Å². The zero-order chi connectivity index (χ0) is 26.0. The molecule has 0 saturated carbocycles. The molecule has 194 valence electrons. The number of nitrogens with zero attached hydrogens (tertiary/aromatic N) is 1. The van der Waals surface area contributed by atoms with Crippen LogP contribution in [0.1, 0.15) is 44.6 Å². The summed E-state index contributed by atoms with van der Waals surface area (Å²) in [6.07, 6.45) is 7.09. The highest BCUT2D eigenvalue weighted by Crippen LogP contribution is 2.31. The number of benzene rings is 2. The number of amides is 2. The maximum atomic E-state index is 13.4. The highest BCUT2D eigenvalue weighted by atomic mass is 32.2. The van der Waals surface area contributed by atoms with E-state index in [4.69, 9.17) is 0 Å². The number of aromatic amines is 1. The second-order valence-electron chi connectivity index (χ2n) is 9.29. The maximum Gasteiger partial charge on any atom is 0.242 e. The van der Waals surface area contributed by atoms with Crippen LogP contribution in [0.4, 0.5) is 0 Å². The Labute approximate surface area is 222 Å². The van der Waals surface area contributed by atoms with Gasteiger partial charge >= 0.3 is 0 Å². The number of carbonyl (C=O) groups is 3. The molecule has 3 aromatic rings. The quantitative estimate of drug-likeness (QED) is 0.207. The lowest BCUT2D eigenvalue weighted by molar-refractivity contribution is -0.125. The summed E-state index contributed by atoms with van der Waals surface area (Å²) in [5.74, 6) is 0.796. The van der Waals surface area contributed by atoms with Gasteiger partial charge in [0.15, 0.2) is 0 Å². The summed E-state index contributed by atoms with van der Waals surface area (Å²) >= 11 is 1.51. The molecule has 1 atom stereocenters. The van der Waals surface area contributed by atoms with Crippen molar-refractivity contribution in [2.24, 2.45) is 0 Å². The van der Waals surface area contributed by atoms with E-state index in [0.29, 0.717) is 38.1 Å². The lowest BCUT2D eigenvalue weighted by Gasteiger charge is -2.26. The number of unbranched alkanes of at least 4 members (excludes halogenated alkanes) is 2. The molecule has 7 nitrogen and oxygen atoms in total. The summed E-state index contributed by atoms with van der Waals surface area (Å²) in [7, 11) is 0. The summed E-state index contributed by atoms with van der Waals surface area (Å²) < 4.78 is 0. The second kappa shape index (κ2) is 13.1. The molecule has 2 heterocycles. The average molecular weight is 519 g/mol. The van der Waals surface area contributed by atoms with Gasteiger partial charge < -0.3 is 25.3 Å². The Bertz CT molecular complexity index is 1250. The molecule has 1 aliphatic heterocycles. The Balaban J connectivity index is 1.43. The number of fused-ring (bicyclic) bond motifs is 1. The molecule has 2 aromatic carbocycles. The van der Waals surface area contributed by atoms with E-state index >= 15 is 0 Å². The van der Waals surface area contributed by atoms with Crippen molar-refractivity contribution < 1.29 is 14.4 Å². The number of aromatic nitrogens is 1. The van der Waals surface area contributed by atoms with Crippen molar-refractivity contribution in [3.05, 3.63) is 71.4 Å². The Morgan fingerprint density at radius 3 is 2.65 bits per heavy atom. The molecule has 0 fully saturated rings. The van der Waals surface area contributed by atoms with Crippen molar-refractivity contribution in [1.29, 1.82) is 0 Å². The number of para-hydroxylation sites is 1. The zero-order valence-corrected chi connectivity index (χ0v) is 22.0. The topological polar surface area (TPSA) is 94.3 Å². The molecule has 1 aromatic heterocycles. The molecular formula is C29H34N4O3S. The van der Waals surface area contributed by atoms with Crippen LogP contribution in [0, 0.1) is 0 Å². The van der Waals surface area contributed by atoms with Crippen molar-refractivity contribution in [3.63, 3.8) is 0 Å². The van der Waals surface area contributed by atoms with Gasteiger partial charge in [-0.3, -0.25) is 9.59 Å². The Morgan fingerprint density at radius 1 is 1.08 bits per heavy atom. The summed E-state index contributed by atoms with van der Waals surface area (Å²) in [6, 6.07) is 18.2. The fraction of sp³-hybridized carbons (Fsp3) is 0.345. The normalized spacial score (nSPS) is 13.9. The largest absolute Gasteiger partial charge is 0.354 e. The first-order valence-electron chi connectivity index (χ1n) is 12.8.